The Hall–Kier alpha value is -7.18. The molecule has 3 aromatic carbocycles. The molecule has 23 nitrogen and oxygen atoms in total. The average Bonchev–Trinajstić information content (AvgIpc) is 1.53. The van der Waals surface area contributed by atoms with Gasteiger partial charge in [0.1, 0.15) is 43.2 Å². The van der Waals surface area contributed by atoms with Gasteiger partial charge in [0.2, 0.25) is 35.4 Å². The largest absolute Gasteiger partial charge is 0.386 e. The second kappa shape index (κ2) is 28.9. The SMILES string of the molecule is CC(C)(NC(=O)N[C@H](C(=O)N1CC2C([C@H]1C(=O)NC(CC1CC1)C(O)C(N)=O)C2(C)C)C(C)(C)C)C(O)c1ccccc1.CC(C)(NC(=O)N[C@H](C(=O)N1CC2C([C@H]1C(=O)NC(CC1CC1)C(O)C(N)=O)C2(C)C)C(C)(C)C)C(OCOCc1ccccc1)c1ccccc1. The number of hydrogen-bond donors (Lipinski definition) is 11. The molecule has 95 heavy (non-hydrogen) atoms. The van der Waals surface area contributed by atoms with Crippen molar-refractivity contribution in [3.63, 3.8) is 0 Å². The van der Waals surface area contributed by atoms with E-state index in [9.17, 15) is 53.7 Å². The first-order valence-corrected chi connectivity index (χ1v) is 33.6. The van der Waals surface area contributed by atoms with Gasteiger partial charge in [-0.05, 0) is 114 Å². The number of nitrogens with zero attached hydrogens (tertiary/aromatic N) is 2. The number of primary amides is 2. The van der Waals surface area contributed by atoms with Crippen LogP contribution in [0.5, 0.6) is 0 Å². The van der Waals surface area contributed by atoms with Crippen molar-refractivity contribution >= 4 is 47.5 Å². The summed E-state index contributed by atoms with van der Waals surface area (Å²) in [6.45, 7) is 27.6. The number of benzene rings is 3. The fourth-order valence-electron chi connectivity index (χ4n) is 14.5. The predicted octanol–water partition coefficient (Wildman–Crippen LogP) is 5.85. The molecule has 9 rings (SSSR count). The Morgan fingerprint density at radius 3 is 1.27 bits per heavy atom. The molecule has 13 N–H and O–H groups in total. The van der Waals surface area contributed by atoms with Crippen LogP contribution in [0.3, 0.4) is 0 Å². The van der Waals surface area contributed by atoms with Gasteiger partial charge in [0.25, 0.3) is 0 Å². The van der Waals surface area contributed by atoms with E-state index in [2.05, 4.69) is 59.6 Å². The second-order valence-electron chi connectivity index (χ2n) is 32.0. The van der Waals surface area contributed by atoms with Gasteiger partial charge in [-0.25, -0.2) is 9.59 Å². The summed E-state index contributed by atoms with van der Waals surface area (Å²) in [6, 6.07) is 21.9. The maximum atomic E-state index is 14.5. The van der Waals surface area contributed by atoms with Crippen LogP contribution < -0.4 is 43.4 Å². The molecule has 0 spiro atoms. The van der Waals surface area contributed by atoms with E-state index in [1.165, 1.54) is 0 Å². The number of carbonyl (C=O) groups excluding carboxylic acids is 8. The van der Waals surface area contributed by atoms with Gasteiger partial charge >= 0.3 is 12.1 Å². The molecule has 6 aliphatic rings. The summed E-state index contributed by atoms with van der Waals surface area (Å²) in [6.07, 6.45) is 0.0573. The summed E-state index contributed by atoms with van der Waals surface area (Å²) in [4.78, 5) is 111. The Morgan fingerprint density at radius 1 is 0.537 bits per heavy atom. The highest BCUT2D eigenvalue weighted by Crippen LogP contribution is 2.66. The Labute approximate surface area is 560 Å². The van der Waals surface area contributed by atoms with Gasteiger partial charge in [0, 0.05) is 13.1 Å². The molecule has 0 aromatic heterocycles. The van der Waals surface area contributed by atoms with Gasteiger partial charge in [0.05, 0.1) is 29.8 Å². The highest BCUT2D eigenvalue weighted by atomic mass is 16.7. The molecule has 23 heteroatoms. The van der Waals surface area contributed by atoms with Crippen molar-refractivity contribution in [2.24, 2.45) is 68.6 Å². The predicted molar refractivity (Wildman–Crippen MR) is 357 cm³/mol. The van der Waals surface area contributed by atoms with Gasteiger partial charge in [-0.3, -0.25) is 28.8 Å². The number of piperidine rings is 2. The summed E-state index contributed by atoms with van der Waals surface area (Å²) in [5.41, 5.74) is 9.53. The van der Waals surface area contributed by atoms with Gasteiger partial charge < -0.3 is 78.0 Å². The van der Waals surface area contributed by atoms with E-state index in [0.717, 1.165) is 36.8 Å². The molecule has 10 unspecified atom stereocenters. The van der Waals surface area contributed by atoms with Crippen molar-refractivity contribution in [2.75, 3.05) is 19.9 Å². The van der Waals surface area contributed by atoms with E-state index in [-0.39, 0.29) is 53.1 Å². The molecule has 14 atom stereocenters. The monoisotopic (exact) mass is 1320 g/mol. The number of aliphatic hydroxyl groups is 3. The van der Waals surface area contributed by atoms with Crippen molar-refractivity contribution in [1.82, 2.24) is 41.7 Å². The molecule has 0 bridgehead atoms. The smallest absolute Gasteiger partial charge is 0.315 e. The summed E-state index contributed by atoms with van der Waals surface area (Å²) < 4.78 is 12.1. The van der Waals surface area contributed by atoms with Crippen molar-refractivity contribution in [3.05, 3.63) is 108 Å². The third-order valence-electron chi connectivity index (χ3n) is 20.7. The molecule has 0 radical (unpaired) electrons. The summed E-state index contributed by atoms with van der Waals surface area (Å²) in [5.74, 6) is -2.82. The fraction of sp³-hybridized carbons (Fsp3) is 0.639. The van der Waals surface area contributed by atoms with Crippen LogP contribution in [-0.4, -0.2) is 152 Å². The Morgan fingerprint density at radius 2 is 0.905 bits per heavy atom. The molecule has 6 fully saturated rings. The van der Waals surface area contributed by atoms with Gasteiger partial charge in [-0.1, -0.05) is 186 Å². The molecule has 2 heterocycles. The lowest BCUT2D eigenvalue weighted by atomic mass is 9.85. The lowest BCUT2D eigenvalue weighted by molar-refractivity contribution is -0.144. The number of nitrogens with two attached hydrogens (primary N) is 2. The molecule has 3 aromatic rings. The zero-order valence-corrected chi connectivity index (χ0v) is 57.9. The van der Waals surface area contributed by atoms with Crippen LogP contribution in [0.4, 0.5) is 9.59 Å². The van der Waals surface area contributed by atoms with E-state index >= 15 is 0 Å². The van der Waals surface area contributed by atoms with Gasteiger partial charge in [-0.15, -0.1) is 0 Å². The zero-order chi connectivity index (χ0) is 70.1. The van der Waals surface area contributed by atoms with Crippen LogP contribution in [0.1, 0.15) is 164 Å². The minimum Gasteiger partial charge on any atom is -0.386 e. The summed E-state index contributed by atoms with van der Waals surface area (Å²) in [5, 5.41) is 49.4. The van der Waals surface area contributed by atoms with Crippen LogP contribution in [0.15, 0.2) is 91.0 Å². The highest BCUT2D eigenvalue weighted by molar-refractivity contribution is 5.96. The lowest BCUT2D eigenvalue weighted by Crippen LogP contribution is -2.63. The summed E-state index contributed by atoms with van der Waals surface area (Å²) in [7, 11) is 0. The maximum Gasteiger partial charge on any atom is 0.315 e. The first-order chi connectivity index (χ1) is 44.3. The van der Waals surface area contributed by atoms with Crippen molar-refractivity contribution < 1.29 is 63.1 Å². The van der Waals surface area contributed by atoms with Crippen LogP contribution in [0.2, 0.25) is 0 Å². The van der Waals surface area contributed by atoms with E-state index in [4.69, 9.17) is 20.9 Å². The quantitative estimate of drug-likeness (QED) is 0.0316. The van der Waals surface area contributed by atoms with E-state index < -0.39 is 118 Å². The minimum absolute atomic E-state index is 0.0145. The number of likely N-dealkylation sites (tertiary alicyclic amines) is 2. The Balaban J connectivity index is 0.000000248. The summed E-state index contributed by atoms with van der Waals surface area (Å²) >= 11 is 0. The van der Waals surface area contributed by atoms with Crippen LogP contribution in [0, 0.1) is 57.2 Å². The normalized spacial score (nSPS) is 24.2. The number of rotatable bonds is 27. The molecule has 522 valence electrons. The molecule has 2 saturated heterocycles. The Kier molecular flexibility index (Phi) is 22.4. The zero-order valence-electron chi connectivity index (χ0n) is 57.9. The van der Waals surface area contributed by atoms with Crippen molar-refractivity contribution in [3.8, 4) is 0 Å². The first-order valence-electron chi connectivity index (χ1n) is 33.6. The number of urea groups is 2. The molecular weight excluding hydrogens is 1210 g/mol. The van der Waals surface area contributed by atoms with Crippen LogP contribution >= 0.6 is 0 Å². The molecule has 10 amide bonds. The average molecular weight is 1320 g/mol. The minimum atomic E-state index is -1.53. The number of aliphatic hydroxyl groups excluding tert-OH is 3. The molecule has 4 aliphatic carbocycles. The number of nitrogens with one attached hydrogen (secondary N) is 6. The van der Waals surface area contributed by atoms with E-state index in [0.29, 0.717) is 49.9 Å². The fourth-order valence-corrected chi connectivity index (χ4v) is 14.5. The number of hydrogen-bond acceptors (Lipinski definition) is 13. The number of carbonyl (C=O) groups is 8. The lowest BCUT2D eigenvalue weighted by Gasteiger charge is -2.39. The number of amides is 10. The topological polar surface area (TPSA) is 346 Å². The molecule has 2 aliphatic heterocycles. The van der Waals surface area contributed by atoms with Gasteiger partial charge in [0.15, 0.2) is 12.2 Å². The van der Waals surface area contributed by atoms with Crippen LogP contribution in [0.25, 0.3) is 0 Å². The van der Waals surface area contributed by atoms with Crippen molar-refractivity contribution in [2.45, 2.75) is 214 Å². The Bertz CT molecular complexity index is 3220. The third-order valence-corrected chi connectivity index (χ3v) is 20.7. The first kappa shape index (κ1) is 73.6. The van der Waals surface area contributed by atoms with E-state index in [1.807, 2.05) is 122 Å². The third kappa shape index (κ3) is 17.7. The number of fused-ring (bicyclic) bond motifs is 2. The standard InChI is InChI=1S/C40H57N5O7.C32H49N5O6/c1-38(2,3)32(36(49)45-21-27-29(39(27,4)5)30(45)35(48)42-28(20-24-18-19-24)31(46)34(41)47)43-37(50)44-40(6,7)33(26-16-12-9-13-17-26)52-23-51-22-25-14-10-8-11-15-25;1-30(2,3)24(35-29(43)36-32(6,7)25(39)18-11-9-8-10-12-18)28(42)37-16-19-21(31(19,4)5)22(37)27(41)34-20(15-17-13-14-17)23(38)26(33)40/h8-17,24,27-33,46H,18-23H2,1-7H3,(H2,41,47)(H,42,48)(H2,43,44,50);8-12,17,19-25,38-39H,13-16H2,1-7H3,(H2,33,40)(H,34,41)(H2,35,36,43)/t27?,28?,29?,30-,31?,32+,33?;19?,20?,21?,22-,23?,24+,25?/m00/s1. The van der Waals surface area contributed by atoms with Crippen molar-refractivity contribution in [1.29, 1.82) is 0 Å². The second-order valence-corrected chi connectivity index (χ2v) is 32.0. The van der Waals surface area contributed by atoms with Gasteiger partial charge in [-0.2, -0.15) is 0 Å². The highest BCUT2D eigenvalue weighted by Gasteiger charge is 2.71. The van der Waals surface area contributed by atoms with Crippen LogP contribution in [-0.2, 0) is 44.8 Å². The molecular formula is C72H106N10O13. The maximum absolute atomic E-state index is 14.5. The van der Waals surface area contributed by atoms with E-state index in [1.54, 1.807) is 47.9 Å². The molecule has 4 saturated carbocycles. The number of ether oxygens (including phenoxy) is 2.